The first-order valence-electron chi connectivity index (χ1n) is 10.1. The number of carbonyl (C=O) groups is 3. The number of benzene rings is 2. The van der Waals surface area contributed by atoms with E-state index in [1.807, 2.05) is 0 Å². The predicted octanol–water partition coefficient (Wildman–Crippen LogP) is 4.76. The van der Waals surface area contributed by atoms with E-state index in [-0.39, 0.29) is 22.7 Å². The van der Waals surface area contributed by atoms with Crippen molar-refractivity contribution in [3.63, 3.8) is 0 Å². The second-order valence-electron chi connectivity index (χ2n) is 7.73. The smallest absolute Gasteiger partial charge is 0.283 e. The van der Waals surface area contributed by atoms with Crippen LogP contribution in [-0.2, 0) is 9.59 Å². The van der Waals surface area contributed by atoms with E-state index in [2.05, 4.69) is 10.6 Å². The molecule has 2 aliphatic rings. The molecule has 1 heterocycles. The number of amides is 3. The van der Waals surface area contributed by atoms with E-state index in [1.165, 1.54) is 0 Å². The number of halogens is 2. The lowest BCUT2D eigenvalue weighted by atomic mass is 10.1. The van der Waals surface area contributed by atoms with Gasteiger partial charge in [0.1, 0.15) is 10.7 Å². The van der Waals surface area contributed by atoms with Crippen LogP contribution >= 0.6 is 23.2 Å². The SMILES string of the molecule is Cc1ccc(Cl)cc1N1C(=O)C(Cl)=C(Nc2cccc(C(=O)NC3CCCC3)c2)C1=O. The van der Waals surface area contributed by atoms with Crippen LogP contribution in [0, 0.1) is 6.92 Å². The molecule has 3 amide bonds. The molecular weight excluding hydrogens is 437 g/mol. The number of hydrogen-bond acceptors (Lipinski definition) is 4. The highest BCUT2D eigenvalue weighted by atomic mass is 35.5. The Labute approximate surface area is 190 Å². The monoisotopic (exact) mass is 457 g/mol. The zero-order valence-electron chi connectivity index (χ0n) is 16.9. The Morgan fingerprint density at radius 3 is 2.52 bits per heavy atom. The molecule has 0 atom stereocenters. The van der Waals surface area contributed by atoms with Crippen molar-refractivity contribution in [2.75, 3.05) is 10.2 Å². The lowest BCUT2D eigenvalue weighted by molar-refractivity contribution is -0.120. The minimum absolute atomic E-state index is 0.0422. The first-order chi connectivity index (χ1) is 14.8. The molecule has 0 unspecified atom stereocenters. The molecule has 6 nitrogen and oxygen atoms in total. The molecule has 1 saturated carbocycles. The quantitative estimate of drug-likeness (QED) is 0.634. The minimum atomic E-state index is -0.630. The first-order valence-corrected chi connectivity index (χ1v) is 10.8. The van der Waals surface area contributed by atoms with E-state index in [4.69, 9.17) is 23.2 Å². The molecule has 0 bridgehead atoms. The third-order valence-electron chi connectivity index (χ3n) is 5.52. The summed E-state index contributed by atoms with van der Waals surface area (Å²) in [6.07, 6.45) is 4.22. The van der Waals surface area contributed by atoms with Crippen LogP contribution in [-0.4, -0.2) is 23.8 Å². The highest BCUT2D eigenvalue weighted by Crippen LogP contribution is 2.33. The van der Waals surface area contributed by atoms with Crippen LogP contribution in [0.5, 0.6) is 0 Å². The van der Waals surface area contributed by atoms with Crippen LogP contribution in [0.15, 0.2) is 53.2 Å². The summed E-state index contributed by atoms with van der Waals surface area (Å²) in [6.45, 7) is 1.78. The standard InChI is InChI=1S/C23H21Cl2N3O3/c1-13-9-10-15(24)12-18(13)28-22(30)19(25)20(23(28)31)26-17-8-4-5-14(11-17)21(29)27-16-6-2-3-7-16/h4-5,8-12,16,26H,2-3,6-7H2,1H3,(H,27,29). The van der Waals surface area contributed by atoms with E-state index in [0.717, 1.165) is 30.6 Å². The number of carbonyl (C=O) groups excluding carboxylic acids is 3. The van der Waals surface area contributed by atoms with Crippen LogP contribution in [0.3, 0.4) is 0 Å². The van der Waals surface area contributed by atoms with Gasteiger partial charge in [-0.05, 0) is 55.7 Å². The van der Waals surface area contributed by atoms with Gasteiger partial charge < -0.3 is 10.6 Å². The Bertz CT molecular complexity index is 1110. The molecule has 0 saturated heterocycles. The van der Waals surface area contributed by atoms with Crippen molar-refractivity contribution < 1.29 is 14.4 Å². The normalized spacial score (nSPS) is 16.9. The van der Waals surface area contributed by atoms with Crippen molar-refractivity contribution in [1.82, 2.24) is 5.32 Å². The predicted molar refractivity (Wildman–Crippen MR) is 121 cm³/mol. The van der Waals surface area contributed by atoms with E-state index in [0.29, 0.717) is 27.5 Å². The number of imide groups is 1. The Balaban J connectivity index is 1.55. The van der Waals surface area contributed by atoms with Crippen molar-refractivity contribution >= 4 is 52.3 Å². The average Bonchev–Trinajstić information content (AvgIpc) is 3.33. The van der Waals surface area contributed by atoms with E-state index in [1.54, 1.807) is 49.4 Å². The Morgan fingerprint density at radius 1 is 1.03 bits per heavy atom. The summed E-state index contributed by atoms with van der Waals surface area (Å²) in [7, 11) is 0. The number of aryl methyl sites for hydroxylation is 1. The molecule has 4 rings (SSSR count). The van der Waals surface area contributed by atoms with Gasteiger partial charge in [-0.3, -0.25) is 14.4 Å². The lowest BCUT2D eigenvalue weighted by Crippen LogP contribution is -2.33. The molecule has 0 spiro atoms. The highest BCUT2D eigenvalue weighted by Gasteiger charge is 2.39. The summed E-state index contributed by atoms with van der Waals surface area (Å²) < 4.78 is 0. The van der Waals surface area contributed by atoms with E-state index in [9.17, 15) is 14.4 Å². The molecule has 2 aromatic carbocycles. The number of hydrogen-bond donors (Lipinski definition) is 2. The molecule has 1 fully saturated rings. The fourth-order valence-electron chi connectivity index (χ4n) is 3.88. The first kappa shape index (κ1) is 21.4. The number of rotatable bonds is 5. The summed E-state index contributed by atoms with van der Waals surface area (Å²) in [6, 6.07) is 11.9. The Morgan fingerprint density at radius 2 is 1.77 bits per heavy atom. The highest BCUT2D eigenvalue weighted by molar-refractivity contribution is 6.53. The minimum Gasteiger partial charge on any atom is -0.350 e. The van der Waals surface area contributed by atoms with Crippen molar-refractivity contribution in [1.29, 1.82) is 0 Å². The third kappa shape index (κ3) is 4.31. The molecule has 0 radical (unpaired) electrons. The second kappa shape index (κ2) is 8.73. The maximum Gasteiger partial charge on any atom is 0.283 e. The van der Waals surface area contributed by atoms with E-state index < -0.39 is 11.8 Å². The van der Waals surface area contributed by atoms with Gasteiger partial charge in [0.25, 0.3) is 17.7 Å². The van der Waals surface area contributed by atoms with Gasteiger partial charge in [-0.15, -0.1) is 0 Å². The van der Waals surface area contributed by atoms with Gasteiger partial charge in [-0.25, -0.2) is 4.90 Å². The molecule has 8 heteroatoms. The second-order valence-corrected chi connectivity index (χ2v) is 8.54. The van der Waals surface area contributed by atoms with Gasteiger partial charge in [0.05, 0.1) is 5.69 Å². The fraction of sp³-hybridized carbons (Fsp3) is 0.261. The van der Waals surface area contributed by atoms with Crippen LogP contribution in [0.2, 0.25) is 5.02 Å². The molecule has 31 heavy (non-hydrogen) atoms. The molecule has 2 N–H and O–H groups in total. The average molecular weight is 458 g/mol. The van der Waals surface area contributed by atoms with Gasteiger partial charge in [-0.1, -0.05) is 48.2 Å². The largest absolute Gasteiger partial charge is 0.350 e. The van der Waals surface area contributed by atoms with Crippen molar-refractivity contribution in [3.8, 4) is 0 Å². The zero-order valence-corrected chi connectivity index (χ0v) is 18.4. The lowest BCUT2D eigenvalue weighted by Gasteiger charge is -2.18. The summed E-state index contributed by atoms with van der Waals surface area (Å²) in [5.41, 5.74) is 2.00. The van der Waals surface area contributed by atoms with Crippen LogP contribution in [0.4, 0.5) is 11.4 Å². The van der Waals surface area contributed by atoms with Crippen LogP contribution in [0.25, 0.3) is 0 Å². The van der Waals surface area contributed by atoms with Crippen LogP contribution in [0.1, 0.15) is 41.6 Å². The van der Waals surface area contributed by atoms with E-state index >= 15 is 0 Å². The maximum atomic E-state index is 13.0. The zero-order chi connectivity index (χ0) is 22.1. The van der Waals surface area contributed by atoms with Crippen molar-refractivity contribution in [3.05, 3.63) is 69.3 Å². The van der Waals surface area contributed by atoms with Crippen LogP contribution < -0.4 is 15.5 Å². The molecule has 1 aliphatic heterocycles. The topological polar surface area (TPSA) is 78.5 Å². The molecule has 1 aliphatic carbocycles. The maximum absolute atomic E-state index is 13.0. The summed E-state index contributed by atoms with van der Waals surface area (Å²) in [5.74, 6) is -1.38. The number of nitrogens with one attached hydrogen (secondary N) is 2. The van der Waals surface area contributed by atoms with Crippen molar-refractivity contribution in [2.45, 2.75) is 38.6 Å². The van der Waals surface area contributed by atoms with Crippen molar-refractivity contribution in [2.24, 2.45) is 0 Å². The number of anilines is 2. The molecule has 0 aromatic heterocycles. The van der Waals surface area contributed by atoms with Gasteiger partial charge in [0.2, 0.25) is 0 Å². The molecular formula is C23H21Cl2N3O3. The Hall–Kier alpha value is -2.83. The number of nitrogens with zero attached hydrogens (tertiary/aromatic N) is 1. The summed E-state index contributed by atoms with van der Waals surface area (Å²) in [4.78, 5) is 39.3. The van der Waals surface area contributed by atoms with Gasteiger partial charge in [0.15, 0.2) is 0 Å². The van der Waals surface area contributed by atoms with Gasteiger partial charge in [0, 0.05) is 22.3 Å². The molecule has 2 aromatic rings. The third-order valence-corrected chi connectivity index (χ3v) is 6.11. The Kier molecular flexibility index (Phi) is 6.03. The summed E-state index contributed by atoms with van der Waals surface area (Å²) in [5, 5.41) is 6.14. The molecule has 160 valence electrons. The fourth-order valence-corrected chi connectivity index (χ4v) is 4.25. The summed E-state index contributed by atoms with van der Waals surface area (Å²) >= 11 is 12.3. The van der Waals surface area contributed by atoms with Gasteiger partial charge >= 0.3 is 0 Å². The van der Waals surface area contributed by atoms with Gasteiger partial charge in [-0.2, -0.15) is 0 Å².